The first-order valence-corrected chi connectivity index (χ1v) is 8.47. The van der Waals surface area contributed by atoms with Gasteiger partial charge in [0.2, 0.25) is 0 Å². The van der Waals surface area contributed by atoms with Crippen LogP contribution in [0, 0.1) is 12.3 Å². The number of carbonyl (C=O) groups is 3. The van der Waals surface area contributed by atoms with Crippen LogP contribution in [0.4, 0.5) is 5.69 Å². The Morgan fingerprint density at radius 3 is 2.61 bits per heavy atom. The maximum atomic E-state index is 12.7. The van der Waals surface area contributed by atoms with E-state index in [1.165, 1.54) is 24.5 Å². The second-order valence-corrected chi connectivity index (χ2v) is 6.22. The van der Waals surface area contributed by atoms with Crippen molar-refractivity contribution in [3.05, 3.63) is 88.9 Å². The highest BCUT2D eigenvalue weighted by atomic mass is 16.3. The van der Waals surface area contributed by atoms with Crippen LogP contribution in [0.1, 0.15) is 42.4 Å². The van der Waals surface area contributed by atoms with Crippen molar-refractivity contribution in [1.29, 1.82) is 0 Å². The molecule has 28 heavy (non-hydrogen) atoms. The smallest absolute Gasteiger partial charge is 0.261 e. The summed E-state index contributed by atoms with van der Waals surface area (Å²) in [4.78, 5) is 38.8. The predicted octanol–water partition coefficient (Wildman–Crippen LogP) is 3.31. The van der Waals surface area contributed by atoms with Crippen molar-refractivity contribution in [2.24, 2.45) is 0 Å². The van der Waals surface area contributed by atoms with Crippen molar-refractivity contribution in [3.63, 3.8) is 0 Å². The average molecular weight is 370 g/mol. The number of fused-ring (bicyclic) bond motifs is 1. The molecule has 136 valence electrons. The SMILES string of the molecule is C#Cc1cccc(NC(=O)c2ccc3c(c2)C(=O)N(Cc2ccco2)C3=O)c1. The van der Waals surface area contributed by atoms with Gasteiger partial charge in [0.25, 0.3) is 17.7 Å². The Morgan fingerprint density at radius 1 is 1.04 bits per heavy atom. The third-order valence-corrected chi connectivity index (χ3v) is 4.41. The van der Waals surface area contributed by atoms with Gasteiger partial charge in [-0.1, -0.05) is 12.0 Å². The minimum Gasteiger partial charge on any atom is -0.467 e. The van der Waals surface area contributed by atoms with Gasteiger partial charge in [0.05, 0.1) is 23.9 Å². The van der Waals surface area contributed by atoms with Crippen LogP contribution in [0.25, 0.3) is 0 Å². The lowest BCUT2D eigenvalue weighted by molar-refractivity contribution is 0.0631. The van der Waals surface area contributed by atoms with Crippen LogP contribution in [-0.2, 0) is 6.54 Å². The average Bonchev–Trinajstić information content (AvgIpc) is 3.31. The highest BCUT2D eigenvalue weighted by Crippen LogP contribution is 2.26. The second kappa shape index (κ2) is 6.89. The topological polar surface area (TPSA) is 79.6 Å². The molecule has 0 unspecified atom stereocenters. The molecule has 0 saturated heterocycles. The molecule has 0 atom stereocenters. The summed E-state index contributed by atoms with van der Waals surface area (Å²) in [5.41, 5.74) is 1.92. The zero-order valence-corrected chi connectivity index (χ0v) is 14.6. The first kappa shape index (κ1) is 17.3. The van der Waals surface area contributed by atoms with E-state index in [0.717, 1.165) is 4.90 Å². The van der Waals surface area contributed by atoms with Gasteiger partial charge in [0.15, 0.2) is 0 Å². The van der Waals surface area contributed by atoms with Crippen molar-refractivity contribution in [3.8, 4) is 12.3 Å². The summed E-state index contributed by atoms with van der Waals surface area (Å²) in [5.74, 6) is 1.73. The molecular formula is C22H14N2O4. The van der Waals surface area contributed by atoms with Crippen molar-refractivity contribution < 1.29 is 18.8 Å². The highest BCUT2D eigenvalue weighted by molar-refractivity contribution is 6.22. The first-order chi connectivity index (χ1) is 13.6. The van der Waals surface area contributed by atoms with Gasteiger partial charge in [-0.3, -0.25) is 19.3 Å². The maximum Gasteiger partial charge on any atom is 0.261 e. The number of terminal acetylenes is 1. The van der Waals surface area contributed by atoms with E-state index in [0.29, 0.717) is 17.0 Å². The van der Waals surface area contributed by atoms with Crippen LogP contribution < -0.4 is 5.32 Å². The molecular weight excluding hydrogens is 356 g/mol. The van der Waals surface area contributed by atoms with Crippen LogP contribution in [-0.4, -0.2) is 22.6 Å². The number of amides is 3. The normalized spacial score (nSPS) is 12.6. The number of furan rings is 1. The van der Waals surface area contributed by atoms with Gasteiger partial charge in [-0.05, 0) is 48.5 Å². The Hall–Kier alpha value is -4.11. The fourth-order valence-electron chi connectivity index (χ4n) is 3.02. The predicted molar refractivity (Wildman–Crippen MR) is 102 cm³/mol. The molecule has 2 heterocycles. The van der Waals surface area contributed by atoms with Gasteiger partial charge in [-0.2, -0.15) is 0 Å². The Labute approximate surface area is 160 Å². The molecule has 1 aromatic heterocycles. The van der Waals surface area contributed by atoms with Crippen LogP contribution >= 0.6 is 0 Å². The van der Waals surface area contributed by atoms with Gasteiger partial charge in [0.1, 0.15) is 5.76 Å². The van der Waals surface area contributed by atoms with Crippen LogP contribution in [0.2, 0.25) is 0 Å². The molecule has 3 amide bonds. The van der Waals surface area contributed by atoms with E-state index in [4.69, 9.17) is 10.8 Å². The van der Waals surface area contributed by atoms with E-state index < -0.39 is 17.7 Å². The quantitative estimate of drug-likeness (QED) is 0.564. The zero-order chi connectivity index (χ0) is 19.7. The lowest BCUT2D eigenvalue weighted by Crippen LogP contribution is -2.28. The molecule has 6 nitrogen and oxygen atoms in total. The summed E-state index contributed by atoms with van der Waals surface area (Å²) in [6.07, 6.45) is 6.85. The summed E-state index contributed by atoms with van der Waals surface area (Å²) in [6, 6.07) is 14.7. The van der Waals surface area contributed by atoms with Gasteiger partial charge >= 0.3 is 0 Å². The monoisotopic (exact) mass is 370 g/mol. The van der Waals surface area contributed by atoms with Crippen molar-refractivity contribution in [2.75, 3.05) is 5.32 Å². The van der Waals surface area contributed by atoms with Crippen LogP contribution in [0.3, 0.4) is 0 Å². The molecule has 1 aliphatic heterocycles. The summed E-state index contributed by atoms with van der Waals surface area (Å²) in [7, 11) is 0. The number of imide groups is 1. The standard InChI is InChI=1S/C22H14N2O4/c1-2-14-5-3-6-16(11-14)23-20(25)15-8-9-18-19(12-15)22(27)24(21(18)26)13-17-7-4-10-28-17/h1,3-12H,13H2,(H,23,25). The molecule has 6 heteroatoms. The fraction of sp³-hybridized carbons (Fsp3) is 0.0455. The minimum absolute atomic E-state index is 0.0414. The van der Waals surface area contributed by atoms with Crippen LogP contribution in [0.5, 0.6) is 0 Å². The fourth-order valence-corrected chi connectivity index (χ4v) is 3.02. The van der Waals surface area contributed by atoms with Gasteiger partial charge in [-0.25, -0.2) is 0 Å². The molecule has 0 aliphatic carbocycles. The van der Waals surface area contributed by atoms with Crippen LogP contribution in [0.15, 0.2) is 65.3 Å². The van der Waals surface area contributed by atoms with E-state index in [-0.39, 0.29) is 23.2 Å². The molecule has 1 N–H and O–H groups in total. The van der Waals surface area contributed by atoms with Gasteiger partial charge < -0.3 is 9.73 Å². The molecule has 1 aliphatic rings. The third-order valence-electron chi connectivity index (χ3n) is 4.41. The number of hydrogen-bond donors (Lipinski definition) is 1. The van der Waals surface area contributed by atoms with Crippen molar-refractivity contribution in [1.82, 2.24) is 4.90 Å². The van der Waals surface area contributed by atoms with E-state index in [2.05, 4.69) is 11.2 Å². The Kier molecular flexibility index (Phi) is 4.26. The second-order valence-electron chi connectivity index (χ2n) is 6.22. The van der Waals surface area contributed by atoms with Gasteiger partial charge in [0, 0.05) is 16.8 Å². The number of carbonyl (C=O) groups excluding carboxylic acids is 3. The molecule has 0 spiro atoms. The van der Waals surface area contributed by atoms with E-state index in [1.54, 1.807) is 36.4 Å². The molecule has 2 aromatic carbocycles. The van der Waals surface area contributed by atoms with Gasteiger partial charge in [-0.15, -0.1) is 6.42 Å². The Morgan fingerprint density at radius 2 is 1.86 bits per heavy atom. The van der Waals surface area contributed by atoms with E-state index in [9.17, 15) is 14.4 Å². The largest absolute Gasteiger partial charge is 0.467 e. The lowest BCUT2D eigenvalue weighted by atomic mass is 10.1. The van der Waals surface area contributed by atoms with E-state index in [1.807, 2.05) is 0 Å². The summed E-state index contributed by atoms with van der Waals surface area (Å²) >= 11 is 0. The maximum absolute atomic E-state index is 12.7. The Bertz CT molecular complexity index is 1140. The number of anilines is 1. The number of benzene rings is 2. The van der Waals surface area contributed by atoms with E-state index >= 15 is 0 Å². The lowest BCUT2D eigenvalue weighted by Gasteiger charge is -2.11. The molecule has 0 radical (unpaired) electrons. The molecule has 0 bridgehead atoms. The summed E-state index contributed by atoms with van der Waals surface area (Å²) in [5, 5.41) is 2.74. The molecule has 0 saturated carbocycles. The van der Waals surface area contributed by atoms with Crippen molar-refractivity contribution in [2.45, 2.75) is 6.54 Å². The summed E-state index contributed by atoms with van der Waals surface area (Å²) < 4.78 is 5.21. The number of rotatable bonds is 4. The summed E-state index contributed by atoms with van der Waals surface area (Å²) in [6.45, 7) is 0.0414. The number of hydrogen-bond acceptors (Lipinski definition) is 4. The van der Waals surface area contributed by atoms with Crippen molar-refractivity contribution >= 4 is 23.4 Å². The first-order valence-electron chi connectivity index (χ1n) is 8.47. The zero-order valence-electron chi connectivity index (χ0n) is 14.6. The Balaban J connectivity index is 1.57. The number of nitrogens with zero attached hydrogens (tertiary/aromatic N) is 1. The third kappa shape index (κ3) is 3.06. The molecule has 0 fully saturated rings. The molecule has 3 aromatic rings. The highest BCUT2D eigenvalue weighted by Gasteiger charge is 2.36. The molecule has 4 rings (SSSR count). The minimum atomic E-state index is -0.458. The number of nitrogens with one attached hydrogen (secondary N) is 1.